The zero-order valence-electron chi connectivity index (χ0n) is 9.30. The summed E-state index contributed by atoms with van der Waals surface area (Å²) in [7, 11) is -3.52. The Balaban J connectivity index is 2.66. The molecule has 0 unspecified atom stereocenters. The van der Waals surface area contributed by atoms with Crippen LogP contribution in [0.25, 0.3) is 0 Å². The number of rotatable bonds is 6. The molecule has 0 aliphatic rings. The first kappa shape index (κ1) is 15.0. The van der Waals surface area contributed by atoms with Crippen LogP contribution in [0.4, 0.5) is 5.69 Å². The van der Waals surface area contributed by atoms with Crippen molar-refractivity contribution in [3.63, 3.8) is 0 Å². The average Bonchev–Trinajstić information content (AvgIpc) is 2.22. The van der Waals surface area contributed by atoms with Gasteiger partial charge in [0.15, 0.2) is 0 Å². The van der Waals surface area contributed by atoms with Crippen molar-refractivity contribution in [2.45, 2.75) is 6.54 Å². The van der Waals surface area contributed by atoms with Gasteiger partial charge in [-0.2, -0.15) is 0 Å². The van der Waals surface area contributed by atoms with Gasteiger partial charge in [0.2, 0.25) is 10.0 Å². The lowest BCUT2D eigenvalue weighted by Crippen LogP contribution is -2.27. The summed E-state index contributed by atoms with van der Waals surface area (Å²) < 4.78 is 22.1. The van der Waals surface area contributed by atoms with Crippen molar-refractivity contribution in [3.8, 4) is 0 Å². The summed E-state index contributed by atoms with van der Waals surface area (Å²) in [5.41, 5.74) is 0.463. The summed E-state index contributed by atoms with van der Waals surface area (Å²) in [4.78, 5) is 10.3. The maximum atomic E-state index is 10.8. The number of sulfonamides is 1. The van der Waals surface area contributed by atoms with Crippen molar-refractivity contribution < 1.29 is 13.3 Å². The highest BCUT2D eigenvalue weighted by Gasteiger charge is 2.13. The quantitative estimate of drug-likeness (QED) is 0.451. The first-order valence-corrected chi connectivity index (χ1v) is 7.44. The van der Waals surface area contributed by atoms with E-state index in [1.54, 1.807) is 12.1 Å². The number of nitro groups is 1. The van der Waals surface area contributed by atoms with E-state index in [2.05, 4.69) is 21.2 Å². The highest BCUT2D eigenvalue weighted by Crippen LogP contribution is 2.22. The van der Waals surface area contributed by atoms with Crippen LogP contribution >= 0.6 is 15.9 Å². The third-order valence-corrected chi connectivity index (χ3v) is 3.38. The fraction of sp³-hybridized carbons (Fsp3) is 0.333. The molecule has 1 rings (SSSR count). The van der Waals surface area contributed by atoms with Crippen molar-refractivity contribution in [2.75, 3.05) is 12.3 Å². The molecule has 0 aromatic heterocycles. The van der Waals surface area contributed by atoms with Gasteiger partial charge in [0.1, 0.15) is 0 Å². The Morgan fingerprint density at radius 2 is 2.11 bits per heavy atom. The number of nitro benzene ring substituents is 1. The Bertz CT molecular complexity index is 547. The SMILES string of the molecule is NS(=O)(=O)CCNCc1cc(Br)ccc1[N+](=O)[O-]. The molecule has 0 saturated heterocycles. The standard InChI is InChI=1S/C9H12BrN3O4S/c10-8-1-2-9(13(14)15)7(5-8)6-12-3-4-18(11,16)17/h1-2,5,12H,3-4,6H2,(H2,11,16,17). The summed E-state index contributed by atoms with van der Waals surface area (Å²) in [6.07, 6.45) is 0. The van der Waals surface area contributed by atoms with E-state index < -0.39 is 14.9 Å². The van der Waals surface area contributed by atoms with Crippen molar-refractivity contribution in [1.82, 2.24) is 5.32 Å². The fourth-order valence-electron chi connectivity index (χ4n) is 1.31. The van der Waals surface area contributed by atoms with Gasteiger partial charge in [-0.05, 0) is 12.1 Å². The van der Waals surface area contributed by atoms with E-state index in [0.717, 1.165) is 4.47 Å². The molecule has 0 spiro atoms. The Labute approximate surface area is 113 Å². The first-order chi connectivity index (χ1) is 8.29. The van der Waals surface area contributed by atoms with Crippen LogP contribution in [0.1, 0.15) is 5.56 Å². The fourth-order valence-corrected chi connectivity index (χ4v) is 2.15. The highest BCUT2D eigenvalue weighted by molar-refractivity contribution is 9.10. The van der Waals surface area contributed by atoms with Crippen molar-refractivity contribution in [2.24, 2.45) is 5.14 Å². The molecule has 0 atom stereocenters. The summed E-state index contributed by atoms with van der Waals surface area (Å²) in [5.74, 6) is -0.213. The maximum absolute atomic E-state index is 10.8. The van der Waals surface area contributed by atoms with Gasteiger partial charge >= 0.3 is 0 Å². The molecule has 3 N–H and O–H groups in total. The number of hydrogen-bond donors (Lipinski definition) is 2. The van der Waals surface area contributed by atoms with Crippen molar-refractivity contribution in [1.29, 1.82) is 0 Å². The minimum Gasteiger partial charge on any atom is -0.311 e. The Kier molecular flexibility index (Phi) is 5.20. The number of hydrogen-bond acceptors (Lipinski definition) is 5. The van der Waals surface area contributed by atoms with Crippen molar-refractivity contribution in [3.05, 3.63) is 38.3 Å². The van der Waals surface area contributed by atoms with Crippen molar-refractivity contribution >= 4 is 31.6 Å². The zero-order valence-corrected chi connectivity index (χ0v) is 11.7. The number of nitrogens with zero attached hydrogens (tertiary/aromatic N) is 1. The molecule has 0 bridgehead atoms. The second-order valence-electron chi connectivity index (χ2n) is 3.57. The number of nitrogens with two attached hydrogens (primary N) is 1. The number of nitrogens with one attached hydrogen (secondary N) is 1. The molecule has 100 valence electrons. The van der Waals surface area contributed by atoms with Gasteiger partial charge in [-0.1, -0.05) is 15.9 Å². The average molecular weight is 338 g/mol. The van der Waals surface area contributed by atoms with Crippen LogP contribution in [-0.4, -0.2) is 25.6 Å². The molecule has 0 amide bonds. The topological polar surface area (TPSA) is 115 Å². The smallest absolute Gasteiger partial charge is 0.273 e. The van der Waals surface area contributed by atoms with Gasteiger partial charge < -0.3 is 5.32 Å². The van der Waals surface area contributed by atoms with Crippen LogP contribution in [-0.2, 0) is 16.6 Å². The molecular weight excluding hydrogens is 326 g/mol. The Hall–Kier alpha value is -1.03. The lowest BCUT2D eigenvalue weighted by atomic mass is 10.2. The summed E-state index contributed by atoms with van der Waals surface area (Å²) in [6.45, 7) is 0.341. The van der Waals surface area contributed by atoms with Gasteiger partial charge in [-0.3, -0.25) is 10.1 Å². The lowest BCUT2D eigenvalue weighted by Gasteiger charge is -2.05. The third kappa shape index (κ3) is 5.08. The summed E-state index contributed by atoms with van der Waals surface area (Å²) >= 11 is 3.22. The molecule has 1 aromatic rings. The molecule has 0 aliphatic heterocycles. The van der Waals surface area contributed by atoms with E-state index in [4.69, 9.17) is 5.14 Å². The largest absolute Gasteiger partial charge is 0.311 e. The molecule has 0 heterocycles. The van der Waals surface area contributed by atoms with E-state index in [9.17, 15) is 18.5 Å². The minimum absolute atomic E-state index is 0.0127. The molecule has 0 aliphatic carbocycles. The zero-order chi connectivity index (χ0) is 13.8. The summed E-state index contributed by atoms with van der Waals surface area (Å²) in [5, 5.41) is 18.4. The predicted octanol–water partition coefficient (Wildman–Crippen LogP) is 0.735. The van der Waals surface area contributed by atoms with E-state index in [1.165, 1.54) is 6.07 Å². The molecule has 0 radical (unpaired) electrons. The Morgan fingerprint density at radius 3 is 2.67 bits per heavy atom. The van der Waals surface area contributed by atoms with Crippen LogP contribution < -0.4 is 10.5 Å². The molecule has 1 aromatic carbocycles. The Morgan fingerprint density at radius 1 is 1.44 bits per heavy atom. The minimum atomic E-state index is -3.52. The first-order valence-electron chi connectivity index (χ1n) is 4.93. The van der Waals surface area contributed by atoms with Crippen LogP contribution in [0.15, 0.2) is 22.7 Å². The summed E-state index contributed by atoms with van der Waals surface area (Å²) in [6, 6.07) is 4.58. The normalized spacial score (nSPS) is 11.4. The van der Waals surface area contributed by atoms with Crippen LogP contribution in [0.2, 0.25) is 0 Å². The maximum Gasteiger partial charge on any atom is 0.273 e. The van der Waals surface area contributed by atoms with E-state index in [0.29, 0.717) is 5.56 Å². The van der Waals surface area contributed by atoms with E-state index >= 15 is 0 Å². The molecular formula is C9H12BrN3O4S. The molecule has 9 heteroatoms. The number of primary sulfonamides is 1. The second kappa shape index (κ2) is 6.23. The van der Waals surface area contributed by atoms with E-state index in [-0.39, 0.29) is 24.5 Å². The van der Waals surface area contributed by atoms with Gasteiger partial charge in [0.05, 0.1) is 10.7 Å². The third-order valence-electron chi connectivity index (χ3n) is 2.12. The molecule has 0 fully saturated rings. The van der Waals surface area contributed by atoms with Crippen LogP contribution in [0.3, 0.4) is 0 Å². The van der Waals surface area contributed by atoms with Gasteiger partial charge in [0, 0.05) is 29.2 Å². The van der Waals surface area contributed by atoms with Gasteiger partial charge in [-0.25, -0.2) is 13.6 Å². The monoisotopic (exact) mass is 337 g/mol. The molecule has 18 heavy (non-hydrogen) atoms. The highest BCUT2D eigenvalue weighted by atomic mass is 79.9. The van der Waals surface area contributed by atoms with Crippen LogP contribution in [0, 0.1) is 10.1 Å². The molecule has 7 nitrogen and oxygen atoms in total. The number of halogens is 1. The van der Waals surface area contributed by atoms with E-state index in [1.807, 2.05) is 0 Å². The predicted molar refractivity (Wildman–Crippen MR) is 70.5 cm³/mol. The van der Waals surface area contributed by atoms with Gasteiger partial charge in [0.25, 0.3) is 5.69 Å². The lowest BCUT2D eigenvalue weighted by molar-refractivity contribution is -0.385. The molecule has 0 saturated carbocycles. The van der Waals surface area contributed by atoms with Crippen LogP contribution in [0.5, 0.6) is 0 Å². The second-order valence-corrected chi connectivity index (χ2v) is 6.22. The number of benzene rings is 1. The van der Waals surface area contributed by atoms with Gasteiger partial charge in [-0.15, -0.1) is 0 Å².